The predicted octanol–water partition coefficient (Wildman–Crippen LogP) is 2.99. The van der Waals surface area contributed by atoms with Crippen molar-refractivity contribution in [2.75, 3.05) is 0 Å². The first kappa shape index (κ1) is 10.8. The quantitative estimate of drug-likeness (QED) is 0.940. The van der Waals surface area contributed by atoms with Crippen molar-refractivity contribution >= 4 is 27.3 Å². The summed E-state index contributed by atoms with van der Waals surface area (Å²) in [4.78, 5) is 5.17. The number of aliphatic hydroxyl groups excluding tert-OH is 1. The number of rotatable bonds is 3. The lowest BCUT2D eigenvalue weighted by molar-refractivity contribution is 0.285. The number of thiazole rings is 1. The molecule has 0 saturated heterocycles. The summed E-state index contributed by atoms with van der Waals surface area (Å²) < 4.78 is 1.08. The molecule has 2 rings (SSSR count). The first-order chi connectivity index (χ1) is 7.28. The van der Waals surface area contributed by atoms with Crippen molar-refractivity contribution in [1.82, 2.24) is 4.98 Å². The lowest BCUT2D eigenvalue weighted by Gasteiger charge is -1.97. The van der Waals surface area contributed by atoms with Gasteiger partial charge in [-0.3, -0.25) is 0 Å². The molecule has 0 unspecified atom stereocenters. The summed E-state index contributed by atoms with van der Waals surface area (Å²) in [6, 6.07) is 8.19. The lowest BCUT2D eigenvalue weighted by atomic mass is 10.2. The maximum atomic E-state index is 8.92. The average Bonchev–Trinajstić information content (AvgIpc) is 2.69. The molecule has 1 N–H and O–H groups in total. The Kier molecular flexibility index (Phi) is 3.51. The van der Waals surface area contributed by atoms with Gasteiger partial charge < -0.3 is 5.11 Å². The van der Waals surface area contributed by atoms with Crippen molar-refractivity contribution in [1.29, 1.82) is 0 Å². The van der Waals surface area contributed by atoms with Gasteiger partial charge in [-0.2, -0.15) is 0 Å². The number of hydrogen-bond donors (Lipinski definition) is 1. The molecule has 2 nitrogen and oxygen atoms in total. The van der Waals surface area contributed by atoms with Crippen molar-refractivity contribution in [3.63, 3.8) is 0 Å². The topological polar surface area (TPSA) is 33.1 Å². The number of aromatic nitrogens is 1. The second-order valence-corrected chi connectivity index (χ2v) is 5.30. The monoisotopic (exact) mass is 283 g/mol. The van der Waals surface area contributed by atoms with E-state index in [9.17, 15) is 0 Å². The Morgan fingerprint density at radius 3 is 2.60 bits per heavy atom. The fraction of sp³-hybridized carbons (Fsp3) is 0.182. The Balaban J connectivity index is 2.11. The second kappa shape index (κ2) is 4.88. The third-order valence-corrected chi connectivity index (χ3v) is 3.54. The minimum absolute atomic E-state index is 0.0814. The predicted molar refractivity (Wildman–Crippen MR) is 65.0 cm³/mol. The van der Waals surface area contributed by atoms with Crippen LogP contribution in [0.1, 0.15) is 15.4 Å². The third-order valence-electron chi connectivity index (χ3n) is 2.03. The van der Waals surface area contributed by atoms with Crippen LogP contribution in [0.15, 0.2) is 34.9 Å². The van der Waals surface area contributed by atoms with Crippen LogP contribution in [0.25, 0.3) is 0 Å². The van der Waals surface area contributed by atoms with Gasteiger partial charge in [-0.15, -0.1) is 11.3 Å². The van der Waals surface area contributed by atoms with E-state index in [2.05, 4.69) is 33.0 Å². The maximum absolute atomic E-state index is 8.92. The van der Waals surface area contributed by atoms with Gasteiger partial charge in [0.15, 0.2) is 0 Å². The molecule has 0 atom stereocenters. The Labute approximate surface area is 101 Å². The van der Waals surface area contributed by atoms with E-state index < -0.39 is 0 Å². The second-order valence-electron chi connectivity index (χ2n) is 3.18. The third kappa shape index (κ3) is 2.87. The molecule has 0 fully saturated rings. The molecule has 0 saturated carbocycles. The number of benzene rings is 1. The maximum Gasteiger partial charge on any atom is 0.0972 e. The van der Waals surface area contributed by atoms with E-state index in [1.165, 1.54) is 5.56 Å². The molecule has 0 aliphatic heterocycles. The Morgan fingerprint density at radius 2 is 2.00 bits per heavy atom. The molecule has 0 spiro atoms. The highest BCUT2D eigenvalue weighted by Gasteiger charge is 2.02. The van der Waals surface area contributed by atoms with Crippen LogP contribution in [0.2, 0.25) is 0 Å². The summed E-state index contributed by atoms with van der Waals surface area (Å²) in [5.41, 5.74) is 1.23. The van der Waals surface area contributed by atoms with Crippen molar-refractivity contribution < 1.29 is 5.11 Å². The molecule has 2 aromatic rings. The van der Waals surface area contributed by atoms with Crippen LogP contribution in [0.4, 0.5) is 0 Å². The summed E-state index contributed by atoms with van der Waals surface area (Å²) >= 11 is 4.96. The lowest BCUT2D eigenvalue weighted by Crippen LogP contribution is -1.85. The van der Waals surface area contributed by atoms with Gasteiger partial charge in [-0.05, 0) is 17.7 Å². The number of nitrogens with zero attached hydrogens (tertiary/aromatic N) is 1. The van der Waals surface area contributed by atoms with Crippen molar-refractivity contribution in [3.8, 4) is 0 Å². The van der Waals surface area contributed by atoms with Crippen LogP contribution in [0, 0.1) is 0 Å². The molecule has 1 aromatic heterocycles. The number of halogens is 1. The fourth-order valence-electron chi connectivity index (χ4n) is 1.28. The van der Waals surface area contributed by atoms with Gasteiger partial charge in [0, 0.05) is 17.1 Å². The van der Waals surface area contributed by atoms with Crippen LogP contribution < -0.4 is 0 Å². The van der Waals surface area contributed by atoms with Crippen LogP contribution >= 0.6 is 27.3 Å². The van der Waals surface area contributed by atoms with Gasteiger partial charge in [0.1, 0.15) is 0 Å². The van der Waals surface area contributed by atoms with Gasteiger partial charge >= 0.3 is 0 Å². The summed E-state index contributed by atoms with van der Waals surface area (Å²) in [5, 5.41) is 9.96. The van der Waals surface area contributed by atoms with E-state index in [0.29, 0.717) is 0 Å². The zero-order chi connectivity index (χ0) is 10.7. The summed E-state index contributed by atoms with van der Waals surface area (Å²) in [7, 11) is 0. The van der Waals surface area contributed by atoms with E-state index in [-0.39, 0.29) is 6.61 Å². The molecule has 15 heavy (non-hydrogen) atoms. The summed E-state index contributed by atoms with van der Waals surface area (Å²) in [5.74, 6) is 0. The normalized spacial score (nSPS) is 10.5. The smallest absolute Gasteiger partial charge is 0.0972 e. The van der Waals surface area contributed by atoms with Gasteiger partial charge in [0.05, 0.1) is 16.5 Å². The van der Waals surface area contributed by atoms with Crippen molar-refractivity contribution in [2.45, 2.75) is 13.0 Å². The van der Waals surface area contributed by atoms with E-state index in [4.69, 9.17) is 5.11 Å². The van der Waals surface area contributed by atoms with E-state index >= 15 is 0 Å². The van der Waals surface area contributed by atoms with Crippen LogP contribution in [-0.2, 0) is 13.0 Å². The zero-order valence-corrected chi connectivity index (χ0v) is 10.4. The van der Waals surface area contributed by atoms with Gasteiger partial charge in [0.25, 0.3) is 0 Å². The zero-order valence-electron chi connectivity index (χ0n) is 7.98. The van der Waals surface area contributed by atoms with Gasteiger partial charge in [-0.25, -0.2) is 4.98 Å². The number of aliphatic hydroxyl groups is 1. The first-order valence-electron chi connectivity index (χ1n) is 4.57. The Hall–Kier alpha value is -0.710. The molecule has 4 heteroatoms. The van der Waals surface area contributed by atoms with Gasteiger partial charge in [-0.1, -0.05) is 28.1 Å². The highest BCUT2D eigenvalue weighted by Crippen LogP contribution is 2.18. The van der Waals surface area contributed by atoms with Crippen molar-refractivity contribution in [2.24, 2.45) is 0 Å². The number of hydrogen-bond acceptors (Lipinski definition) is 3. The van der Waals surface area contributed by atoms with Crippen LogP contribution in [0.3, 0.4) is 0 Å². The largest absolute Gasteiger partial charge is 0.391 e. The summed E-state index contributed by atoms with van der Waals surface area (Å²) in [6.07, 6.45) is 2.57. The van der Waals surface area contributed by atoms with Crippen LogP contribution in [-0.4, -0.2) is 10.1 Å². The molecule has 1 heterocycles. The minimum Gasteiger partial charge on any atom is -0.391 e. The highest BCUT2D eigenvalue weighted by molar-refractivity contribution is 9.10. The molecule has 1 aromatic carbocycles. The molecule has 0 radical (unpaired) electrons. The highest BCUT2D eigenvalue weighted by atomic mass is 79.9. The summed E-state index contributed by atoms with van der Waals surface area (Å²) in [6.45, 7) is 0.0814. The molecule has 0 aliphatic carbocycles. The molecule has 0 bridgehead atoms. The van der Waals surface area contributed by atoms with Crippen molar-refractivity contribution in [3.05, 3.63) is 50.4 Å². The molecule has 0 amide bonds. The fourth-order valence-corrected chi connectivity index (χ4v) is 2.36. The minimum atomic E-state index is 0.0814. The average molecular weight is 284 g/mol. The van der Waals surface area contributed by atoms with Gasteiger partial charge in [0.2, 0.25) is 0 Å². The van der Waals surface area contributed by atoms with E-state index in [1.54, 1.807) is 17.5 Å². The first-order valence-corrected chi connectivity index (χ1v) is 6.18. The molecular weight excluding hydrogens is 274 g/mol. The Bertz CT molecular complexity index is 438. The molecule has 78 valence electrons. The SMILES string of the molecule is OCc1cnc(Cc2ccc(Br)cc2)s1. The van der Waals surface area contributed by atoms with E-state index in [0.717, 1.165) is 20.8 Å². The van der Waals surface area contributed by atoms with E-state index in [1.807, 2.05) is 12.1 Å². The Morgan fingerprint density at radius 1 is 1.27 bits per heavy atom. The molecule has 0 aliphatic rings. The van der Waals surface area contributed by atoms with Crippen LogP contribution in [0.5, 0.6) is 0 Å². The molecular formula is C11H10BrNOS. The standard InChI is InChI=1S/C11H10BrNOS/c12-9-3-1-8(2-4-9)5-11-13-6-10(7-14)15-11/h1-4,6,14H,5,7H2.